The van der Waals surface area contributed by atoms with Crippen LogP contribution in [0.2, 0.25) is 0 Å². The molecule has 0 radical (unpaired) electrons. The average Bonchev–Trinajstić information content (AvgIpc) is 2.89. The predicted octanol–water partition coefficient (Wildman–Crippen LogP) is 2.47. The van der Waals surface area contributed by atoms with Gasteiger partial charge in [0.15, 0.2) is 0 Å². The van der Waals surface area contributed by atoms with Gasteiger partial charge in [-0.05, 0) is 43.5 Å². The standard InChI is InChI=1S/C16H19NO2/c1-12-9-13(5-4-8-18)11-15(10-12)17-16(19)14-6-2-3-7-14/h9-11,14,18H,2-3,6-8H2,1H3,(H,17,19). The lowest BCUT2D eigenvalue weighted by Gasteiger charge is -2.11. The van der Waals surface area contributed by atoms with Gasteiger partial charge in [0, 0.05) is 17.2 Å². The average molecular weight is 257 g/mol. The van der Waals surface area contributed by atoms with Crippen molar-refractivity contribution in [2.75, 3.05) is 11.9 Å². The summed E-state index contributed by atoms with van der Waals surface area (Å²) >= 11 is 0. The smallest absolute Gasteiger partial charge is 0.227 e. The van der Waals surface area contributed by atoms with E-state index in [1.54, 1.807) is 0 Å². The quantitative estimate of drug-likeness (QED) is 0.800. The molecule has 3 nitrogen and oxygen atoms in total. The first-order valence-electron chi connectivity index (χ1n) is 6.71. The van der Waals surface area contributed by atoms with Crippen molar-refractivity contribution in [3.05, 3.63) is 29.3 Å². The van der Waals surface area contributed by atoms with Crippen molar-refractivity contribution in [3.8, 4) is 11.8 Å². The molecular weight excluding hydrogens is 238 g/mol. The highest BCUT2D eigenvalue weighted by atomic mass is 16.2. The number of aliphatic hydroxyl groups excluding tert-OH is 1. The number of aliphatic hydroxyl groups is 1. The van der Waals surface area contributed by atoms with Crippen LogP contribution >= 0.6 is 0 Å². The van der Waals surface area contributed by atoms with Crippen LogP contribution in [0.1, 0.15) is 36.8 Å². The summed E-state index contributed by atoms with van der Waals surface area (Å²) in [6.07, 6.45) is 4.29. The van der Waals surface area contributed by atoms with E-state index in [9.17, 15) is 4.79 Å². The number of aryl methyl sites for hydroxylation is 1. The Bertz CT molecular complexity index is 519. The maximum atomic E-state index is 12.1. The molecule has 0 heterocycles. The molecule has 2 rings (SSSR count). The van der Waals surface area contributed by atoms with E-state index in [2.05, 4.69) is 17.2 Å². The van der Waals surface area contributed by atoms with Crippen LogP contribution in [0.4, 0.5) is 5.69 Å². The fourth-order valence-corrected chi connectivity index (χ4v) is 2.50. The highest BCUT2D eigenvalue weighted by molar-refractivity contribution is 5.93. The molecule has 3 heteroatoms. The first kappa shape index (κ1) is 13.6. The van der Waals surface area contributed by atoms with Gasteiger partial charge in [0.1, 0.15) is 6.61 Å². The van der Waals surface area contributed by atoms with Gasteiger partial charge >= 0.3 is 0 Å². The maximum Gasteiger partial charge on any atom is 0.227 e. The third-order valence-corrected chi connectivity index (χ3v) is 3.38. The van der Waals surface area contributed by atoms with E-state index in [0.29, 0.717) is 0 Å². The number of hydrogen-bond acceptors (Lipinski definition) is 2. The minimum atomic E-state index is -0.155. The Morgan fingerprint density at radius 2 is 2.11 bits per heavy atom. The Hall–Kier alpha value is -1.79. The van der Waals surface area contributed by atoms with Crippen LogP contribution in [0.25, 0.3) is 0 Å². The minimum Gasteiger partial charge on any atom is -0.384 e. The van der Waals surface area contributed by atoms with Gasteiger partial charge < -0.3 is 10.4 Å². The SMILES string of the molecule is Cc1cc(C#CCO)cc(NC(=O)C2CCCC2)c1. The van der Waals surface area contributed by atoms with Gasteiger partial charge in [0.05, 0.1) is 0 Å². The molecule has 0 spiro atoms. The molecule has 1 saturated carbocycles. The first-order chi connectivity index (χ1) is 9.19. The van der Waals surface area contributed by atoms with Crippen LogP contribution in [0.3, 0.4) is 0 Å². The zero-order chi connectivity index (χ0) is 13.7. The summed E-state index contributed by atoms with van der Waals surface area (Å²) in [5.74, 6) is 5.76. The van der Waals surface area contributed by atoms with E-state index in [0.717, 1.165) is 42.5 Å². The summed E-state index contributed by atoms with van der Waals surface area (Å²) in [4.78, 5) is 12.1. The number of carbonyl (C=O) groups is 1. The van der Waals surface area contributed by atoms with E-state index in [1.165, 1.54) is 0 Å². The lowest BCUT2D eigenvalue weighted by Crippen LogP contribution is -2.20. The van der Waals surface area contributed by atoms with Crippen molar-refractivity contribution in [1.29, 1.82) is 0 Å². The van der Waals surface area contributed by atoms with Crippen LogP contribution < -0.4 is 5.32 Å². The van der Waals surface area contributed by atoms with Crippen molar-refractivity contribution >= 4 is 11.6 Å². The van der Waals surface area contributed by atoms with Crippen molar-refractivity contribution in [1.82, 2.24) is 0 Å². The van der Waals surface area contributed by atoms with Crippen LogP contribution in [0, 0.1) is 24.7 Å². The van der Waals surface area contributed by atoms with Crippen LogP contribution in [0.15, 0.2) is 18.2 Å². The highest BCUT2D eigenvalue weighted by Gasteiger charge is 2.22. The molecule has 0 unspecified atom stereocenters. The topological polar surface area (TPSA) is 49.3 Å². The molecule has 0 saturated heterocycles. The number of benzene rings is 1. The number of hydrogen-bond donors (Lipinski definition) is 2. The van der Waals surface area contributed by atoms with Crippen molar-refractivity contribution < 1.29 is 9.90 Å². The molecular formula is C16H19NO2. The van der Waals surface area contributed by atoms with Crippen molar-refractivity contribution in [2.24, 2.45) is 5.92 Å². The number of carbonyl (C=O) groups excluding carboxylic acids is 1. The Morgan fingerprint density at radius 3 is 2.79 bits per heavy atom. The van der Waals surface area contributed by atoms with Crippen LogP contribution in [0.5, 0.6) is 0 Å². The zero-order valence-electron chi connectivity index (χ0n) is 11.2. The molecule has 1 aliphatic rings. The van der Waals surface area contributed by atoms with E-state index in [-0.39, 0.29) is 18.4 Å². The molecule has 1 amide bonds. The third kappa shape index (κ3) is 3.84. The monoisotopic (exact) mass is 257 g/mol. The lowest BCUT2D eigenvalue weighted by atomic mass is 10.1. The normalized spacial score (nSPS) is 14.8. The summed E-state index contributed by atoms with van der Waals surface area (Å²) in [6.45, 7) is 1.81. The molecule has 0 bridgehead atoms. The zero-order valence-corrected chi connectivity index (χ0v) is 11.2. The summed E-state index contributed by atoms with van der Waals surface area (Å²) in [7, 11) is 0. The van der Waals surface area contributed by atoms with Crippen molar-refractivity contribution in [3.63, 3.8) is 0 Å². The predicted molar refractivity (Wildman–Crippen MR) is 75.7 cm³/mol. The van der Waals surface area contributed by atoms with Gasteiger partial charge in [-0.25, -0.2) is 0 Å². The molecule has 0 atom stereocenters. The Labute approximate surface area is 114 Å². The minimum absolute atomic E-state index is 0.115. The van der Waals surface area contributed by atoms with Crippen molar-refractivity contribution in [2.45, 2.75) is 32.6 Å². The molecule has 19 heavy (non-hydrogen) atoms. The molecule has 100 valence electrons. The number of amides is 1. The molecule has 2 N–H and O–H groups in total. The van der Waals surface area contributed by atoms with Gasteiger partial charge in [-0.3, -0.25) is 4.79 Å². The summed E-state index contributed by atoms with van der Waals surface area (Å²) in [5.41, 5.74) is 2.65. The van der Waals surface area contributed by atoms with Gasteiger partial charge in [-0.2, -0.15) is 0 Å². The second-order valence-corrected chi connectivity index (χ2v) is 5.02. The van der Waals surface area contributed by atoms with Crippen LogP contribution in [-0.4, -0.2) is 17.6 Å². The number of rotatable bonds is 2. The summed E-state index contributed by atoms with van der Waals surface area (Å²) in [5, 5.41) is 11.7. The largest absolute Gasteiger partial charge is 0.384 e. The molecule has 1 aromatic rings. The fraction of sp³-hybridized carbons (Fsp3) is 0.438. The Kier molecular flexibility index (Phi) is 4.59. The van der Waals surface area contributed by atoms with E-state index < -0.39 is 0 Å². The lowest BCUT2D eigenvalue weighted by molar-refractivity contribution is -0.119. The fourth-order valence-electron chi connectivity index (χ4n) is 2.50. The van der Waals surface area contributed by atoms with Gasteiger partial charge in [-0.1, -0.05) is 24.7 Å². The number of nitrogens with one attached hydrogen (secondary N) is 1. The molecule has 1 fully saturated rings. The number of anilines is 1. The molecule has 0 aliphatic heterocycles. The highest BCUT2D eigenvalue weighted by Crippen LogP contribution is 2.26. The van der Waals surface area contributed by atoms with Gasteiger partial charge in [0.2, 0.25) is 5.91 Å². The van der Waals surface area contributed by atoms with E-state index in [4.69, 9.17) is 5.11 Å². The maximum absolute atomic E-state index is 12.1. The third-order valence-electron chi connectivity index (χ3n) is 3.38. The van der Waals surface area contributed by atoms with Gasteiger partial charge in [0.25, 0.3) is 0 Å². The molecule has 1 aromatic carbocycles. The van der Waals surface area contributed by atoms with Crippen LogP contribution in [-0.2, 0) is 4.79 Å². The Morgan fingerprint density at radius 1 is 1.37 bits per heavy atom. The van der Waals surface area contributed by atoms with E-state index >= 15 is 0 Å². The molecule has 1 aliphatic carbocycles. The molecule has 0 aromatic heterocycles. The second-order valence-electron chi connectivity index (χ2n) is 5.02. The summed E-state index contributed by atoms with van der Waals surface area (Å²) < 4.78 is 0. The second kappa shape index (κ2) is 6.40. The summed E-state index contributed by atoms with van der Waals surface area (Å²) in [6, 6.07) is 5.73. The first-order valence-corrected chi connectivity index (χ1v) is 6.71. The van der Waals surface area contributed by atoms with Gasteiger partial charge in [-0.15, -0.1) is 0 Å². The van der Waals surface area contributed by atoms with E-state index in [1.807, 2.05) is 25.1 Å². The Balaban J connectivity index is 2.10.